The third-order valence-corrected chi connectivity index (χ3v) is 1.79. The molecule has 0 aliphatic heterocycles. The van der Waals surface area contributed by atoms with Gasteiger partial charge in [0.25, 0.3) is 0 Å². The summed E-state index contributed by atoms with van der Waals surface area (Å²) in [5, 5.41) is 11.8. The predicted molar refractivity (Wildman–Crippen MR) is 53.9 cm³/mol. The minimum atomic E-state index is -0.914. The number of hydrogen-bond acceptors (Lipinski definition) is 2. The fraction of sp³-hybridized carbons (Fsp3) is 0.182. The van der Waals surface area contributed by atoms with Gasteiger partial charge in [0.15, 0.2) is 0 Å². The number of carboxylic acids is 1. The molecule has 0 aliphatic carbocycles. The zero-order valence-electron chi connectivity index (χ0n) is 7.66. The van der Waals surface area contributed by atoms with Crippen molar-refractivity contribution in [3.8, 4) is 12.3 Å². The average molecular weight is 189 g/mol. The van der Waals surface area contributed by atoms with Gasteiger partial charge in [-0.25, -0.2) is 4.79 Å². The highest BCUT2D eigenvalue weighted by Gasteiger charge is 2.07. The Kier molecular flexibility index (Phi) is 3.71. The molecule has 0 aliphatic rings. The molecule has 1 aromatic rings. The highest BCUT2D eigenvalue weighted by molar-refractivity contribution is 5.89. The summed E-state index contributed by atoms with van der Waals surface area (Å²) in [7, 11) is 0. The SMILES string of the molecule is C#CCNCc1ccccc1C(=O)O. The van der Waals surface area contributed by atoms with E-state index in [9.17, 15) is 4.79 Å². The van der Waals surface area contributed by atoms with Crippen molar-refractivity contribution in [2.45, 2.75) is 6.54 Å². The zero-order chi connectivity index (χ0) is 10.4. The second kappa shape index (κ2) is 5.05. The Bertz CT molecular complexity index is 366. The Hall–Kier alpha value is -1.79. The number of carboxylic acid groups (broad SMARTS) is 1. The van der Waals surface area contributed by atoms with E-state index in [1.165, 1.54) is 0 Å². The second-order valence-electron chi connectivity index (χ2n) is 2.77. The van der Waals surface area contributed by atoms with Crippen LogP contribution in [0.4, 0.5) is 0 Å². The van der Waals surface area contributed by atoms with Gasteiger partial charge < -0.3 is 10.4 Å². The van der Waals surface area contributed by atoms with E-state index in [4.69, 9.17) is 11.5 Å². The van der Waals surface area contributed by atoms with E-state index in [2.05, 4.69) is 11.2 Å². The number of hydrogen-bond donors (Lipinski definition) is 2. The number of rotatable bonds is 4. The van der Waals surface area contributed by atoms with Crippen LogP contribution in [-0.2, 0) is 6.54 Å². The highest BCUT2D eigenvalue weighted by Crippen LogP contribution is 2.07. The number of carbonyl (C=O) groups is 1. The molecule has 2 N–H and O–H groups in total. The maximum Gasteiger partial charge on any atom is 0.336 e. The van der Waals surface area contributed by atoms with Crippen LogP contribution in [0.3, 0.4) is 0 Å². The van der Waals surface area contributed by atoms with Crippen LogP contribution >= 0.6 is 0 Å². The summed E-state index contributed by atoms with van der Waals surface area (Å²) < 4.78 is 0. The minimum Gasteiger partial charge on any atom is -0.478 e. The lowest BCUT2D eigenvalue weighted by Gasteiger charge is -2.05. The smallest absolute Gasteiger partial charge is 0.336 e. The average Bonchev–Trinajstić information content (AvgIpc) is 2.19. The zero-order valence-corrected chi connectivity index (χ0v) is 7.66. The quantitative estimate of drug-likeness (QED) is 0.551. The largest absolute Gasteiger partial charge is 0.478 e. The fourth-order valence-corrected chi connectivity index (χ4v) is 1.15. The first kappa shape index (κ1) is 10.3. The van der Waals surface area contributed by atoms with Crippen molar-refractivity contribution in [3.63, 3.8) is 0 Å². The van der Waals surface area contributed by atoms with Crippen LogP contribution in [0.15, 0.2) is 24.3 Å². The lowest BCUT2D eigenvalue weighted by molar-refractivity contribution is 0.0695. The van der Waals surface area contributed by atoms with E-state index >= 15 is 0 Å². The van der Waals surface area contributed by atoms with Gasteiger partial charge in [0.1, 0.15) is 0 Å². The Labute approximate surface area is 82.8 Å². The van der Waals surface area contributed by atoms with Crippen LogP contribution in [0.2, 0.25) is 0 Å². The number of terminal acetylenes is 1. The molecule has 0 radical (unpaired) electrons. The highest BCUT2D eigenvalue weighted by atomic mass is 16.4. The lowest BCUT2D eigenvalue weighted by atomic mass is 10.1. The molecule has 3 nitrogen and oxygen atoms in total. The molecule has 0 atom stereocenters. The Morgan fingerprint density at radius 3 is 2.86 bits per heavy atom. The predicted octanol–water partition coefficient (Wildman–Crippen LogP) is 1.11. The van der Waals surface area contributed by atoms with Crippen molar-refractivity contribution >= 4 is 5.97 Å². The second-order valence-corrected chi connectivity index (χ2v) is 2.77. The molecule has 14 heavy (non-hydrogen) atoms. The summed E-state index contributed by atoms with van der Waals surface area (Å²) in [6.07, 6.45) is 5.06. The van der Waals surface area contributed by atoms with Crippen molar-refractivity contribution in [1.29, 1.82) is 0 Å². The molecule has 0 heterocycles. The number of benzene rings is 1. The van der Waals surface area contributed by atoms with E-state index in [-0.39, 0.29) is 0 Å². The Morgan fingerprint density at radius 2 is 2.21 bits per heavy atom. The molecule has 0 saturated carbocycles. The van der Waals surface area contributed by atoms with Crippen molar-refractivity contribution in [1.82, 2.24) is 5.32 Å². The molecule has 72 valence electrons. The van der Waals surface area contributed by atoms with Gasteiger partial charge >= 0.3 is 5.97 Å². The third-order valence-electron chi connectivity index (χ3n) is 1.79. The van der Waals surface area contributed by atoms with Gasteiger partial charge in [-0.1, -0.05) is 24.1 Å². The van der Waals surface area contributed by atoms with Crippen LogP contribution in [0, 0.1) is 12.3 Å². The van der Waals surface area contributed by atoms with E-state index in [0.717, 1.165) is 5.56 Å². The summed E-state index contributed by atoms with van der Waals surface area (Å²) in [5.41, 5.74) is 1.06. The maximum atomic E-state index is 10.8. The molecule has 0 saturated heterocycles. The van der Waals surface area contributed by atoms with E-state index in [1.54, 1.807) is 24.3 Å². The van der Waals surface area contributed by atoms with Gasteiger partial charge in [-0.2, -0.15) is 0 Å². The van der Waals surface area contributed by atoms with Crippen LogP contribution in [0.1, 0.15) is 15.9 Å². The summed E-state index contributed by atoms with van der Waals surface area (Å²) >= 11 is 0. The van der Waals surface area contributed by atoms with E-state index in [0.29, 0.717) is 18.7 Å². The number of nitrogens with one attached hydrogen (secondary N) is 1. The monoisotopic (exact) mass is 189 g/mol. The Balaban J connectivity index is 2.75. The Morgan fingerprint density at radius 1 is 1.50 bits per heavy atom. The van der Waals surface area contributed by atoms with Gasteiger partial charge in [0.05, 0.1) is 12.1 Å². The van der Waals surface area contributed by atoms with Gasteiger partial charge in [-0.3, -0.25) is 0 Å². The van der Waals surface area contributed by atoms with E-state index < -0.39 is 5.97 Å². The van der Waals surface area contributed by atoms with Gasteiger partial charge in [0, 0.05) is 6.54 Å². The topological polar surface area (TPSA) is 49.3 Å². The summed E-state index contributed by atoms with van der Waals surface area (Å²) in [5.74, 6) is 1.51. The molecule has 0 unspecified atom stereocenters. The fourth-order valence-electron chi connectivity index (χ4n) is 1.15. The van der Waals surface area contributed by atoms with Crippen LogP contribution < -0.4 is 5.32 Å². The van der Waals surface area contributed by atoms with E-state index in [1.807, 2.05) is 0 Å². The molecule has 1 rings (SSSR count). The van der Waals surface area contributed by atoms with Crippen molar-refractivity contribution in [2.75, 3.05) is 6.54 Å². The molecule has 0 bridgehead atoms. The molecule has 0 spiro atoms. The lowest BCUT2D eigenvalue weighted by Crippen LogP contribution is -2.15. The molecule has 0 aromatic heterocycles. The maximum absolute atomic E-state index is 10.8. The molecule has 3 heteroatoms. The first-order valence-electron chi connectivity index (χ1n) is 4.21. The molecule has 0 amide bonds. The standard InChI is InChI=1S/C11H11NO2/c1-2-7-12-8-9-5-3-4-6-10(9)11(13)14/h1,3-6,12H,7-8H2,(H,13,14). The first-order valence-corrected chi connectivity index (χ1v) is 4.21. The van der Waals surface area contributed by atoms with Gasteiger partial charge in [0.2, 0.25) is 0 Å². The molecular formula is C11H11NO2. The van der Waals surface area contributed by atoms with Crippen molar-refractivity contribution in [2.24, 2.45) is 0 Å². The van der Waals surface area contributed by atoms with Crippen LogP contribution in [0.5, 0.6) is 0 Å². The molecule has 1 aromatic carbocycles. The van der Waals surface area contributed by atoms with Crippen molar-refractivity contribution in [3.05, 3.63) is 35.4 Å². The minimum absolute atomic E-state index is 0.317. The summed E-state index contributed by atoms with van der Waals surface area (Å²) in [6, 6.07) is 6.86. The summed E-state index contributed by atoms with van der Waals surface area (Å²) in [6.45, 7) is 0.917. The third kappa shape index (κ3) is 2.61. The van der Waals surface area contributed by atoms with Crippen LogP contribution in [-0.4, -0.2) is 17.6 Å². The number of aromatic carboxylic acids is 1. The molecule has 0 fully saturated rings. The summed E-state index contributed by atoms with van der Waals surface area (Å²) in [4.78, 5) is 10.8. The first-order chi connectivity index (χ1) is 6.75. The van der Waals surface area contributed by atoms with Crippen molar-refractivity contribution < 1.29 is 9.90 Å². The van der Waals surface area contributed by atoms with Gasteiger partial charge in [-0.15, -0.1) is 6.42 Å². The normalized spacial score (nSPS) is 9.36. The molecular weight excluding hydrogens is 178 g/mol. The van der Waals surface area contributed by atoms with Gasteiger partial charge in [-0.05, 0) is 11.6 Å². The van der Waals surface area contributed by atoms with Crippen LogP contribution in [0.25, 0.3) is 0 Å².